The summed E-state index contributed by atoms with van der Waals surface area (Å²) in [6, 6.07) is 16.0. The average molecular weight is 484 g/mol. The molecule has 1 fully saturated rings. The number of fused-ring (bicyclic) bond motifs is 1. The highest BCUT2D eigenvalue weighted by atomic mass is 32.2. The minimum Gasteiger partial charge on any atom is -0.425 e. The first-order valence-corrected chi connectivity index (χ1v) is 12.8. The van der Waals surface area contributed by atoms with Crippen LogP contribution in [0.1, 0.15) is 36.1 Å². The van der Waals surface area contributed by atoms with Gasteiger partial charge in [-0.3, -0.25) is 4.79 Å². The number of benzene rings is 2. The summed E-state index contributed by atoms with van der Waals surface area (Å²) < 4.78 is 30.9. The van der Waals surface area contributed by atoms with Crippen molar-refractivity contribution in [3.8, 4) is 11.1 Å². The zero-order valence-electron chi connectivity index (χ0n) is 17.5. The summed E-state index contributed by atoms with van der Waals surface area (Å²) in [5, 5.41) is 14.0. The van der Waals surface area contributed by atoms with Crippen LogP contribution in [-0.4, -0.2) is 39.9 Å². The molecule has 1 amide bonds. The fourth-order valence-corrected chi connectivity index (χ4v) is 5.63. The SMILES string of the molecule is NS(=O)(=O)N(C(=O)CCc1nnc(Cc2nc3ccc(-c4ccccc4)cc3s2)o1)C1CC1. The van der Waals surface area contributed by atoms with Crippen molar-refractivity contribution in [3.05, 3.63) is 65.3 Å². The lowest BCUT2D eigenvalue weighted by molar-refractivity contribution is -0.126. The van der Waals surface area contributed by atoms with Crippen LogP contribution in [0.15, 0.2) is 52.9 Å². The Balaban J connectivity index is 1.24. The smallest absolute Gasteiger partial charge is 0.301 e. The van der Waals surface area contributed by atoms with Crippen molar-refractivity contribution in [1.82, 2.24) is 19.5 Å². The molecule has 0 bridgehead atoms. The second kappa shape index (κ2) is 8.65. The third-order valence-electron chi connectivity index (χ3n) is 5.30. The lowest BCUT2D eigenvalue weighted by atomic mass is 10.1. The number of carbonyl (C=O) groups is 1. The molecule has 0 spiro atoms. The van der Waals surface area contributed by atoms with Crippen molar-refractivity contribution in [2.24, 2.45) is 5.14 Å². The highest BCUT2D eigenvalue weighted by Gasteiger charge is 2.38. The van der Waals surface area contributed by atoms with Crippen molar-refractivity contribution >= 4 is 37.7 Å². The van der Waals surface area contributed by atoms with E-state index >= 15 is 0 Å². The van der Waals surface area contributed by atoms with Crippen LogP contribution in [-0.2, 0) is 27.8 Å². The summed E-state index contributed by atoms with van der Waals surface area (Å²) in [5.74, 6) is 0.112. The lowest BCUT2D eigenvalue weighted by Gasteiger charge is -2.18. The van der Waals surface area contributed by atoms with E-state index in [1.54, 1.807) is 11.3 Å². The zero-order valence-corrected chi connectivity index (χ0v) is 19.2. The minimum absolute atomic E-state index is 0.0715. The number of hydrogen-bond donors (Lipinski definition) is 1. The summed E-state index contributed by atoms with van der Waals surface area (Å²) in [6.45, 7) is 0. The topological polar surface area (TPSA) is 132 Å². The van der Waals surface area contributed by atoms with Crippen LogP contribution >= 0.6 is 11.3 Å². The van der Waals surface area contributed by atoms with Gasteiger partial charge < -0.3 is 4.42 Å². The van der Waals surface area contributed by atoms with E-state index in [0.29, 0.717) is 25.2 Å². The van der Waals surface area contributed by atoms with Gasteiger partial charge in [-0.25, -0.2) is 14.4 Å². The van der Waals surface area contributed by atoms with Gasteiger partial charge in [-0.1, -0.05) is 36.4 Å². The van der Waals surface area contributed by atoms with Gasteiger partial charge in [0.05, 0.1) is 16.6 Å². The minimum atomic E-state index is -4.06. The fourth-order valence-electron chi connectivity index (χ4n) is 3.63. The van der Waals surface area contributed by atoms with Gasteiger partial charge in [-0.15, -0.1) is 21.5 Å². The summed E-state index contributed by atoms with van der Waals surface area (Å²) in [4.78, 5) is 17.0. The van der Waals surface area contributed by atoms with Gasteiger partial charge in [0.15, 0.2) is 0 Å². The van der Waals surface area contributed by atoms with Crippen LogP contribution < -0.4 is 5.14 Å². The third kappa shape index (κ3) is 4.95. The van der Waals surface area contributed by atoms with Crippen molar-refractivity contribution in [2.75, 3.05) is 0 Å². The Kier molecular flexibility index (Phi) is 5.69. The Hall–Kier alpha value is -3.15. The molecule has 1 saturated carbocycles. The van der Waals surface area contributed by atoms with E-state index in [1.807, 2.05) is 24.3 Å². The zero-order chi connectivity index (χ0) is 23.0. The molecule has 1 aliphatic rings. The normalized spacial score (nSPS) is 14.0. The molecular formula is C22H21N5O4S2. The predicted molar refractivity (Wildman–Crippen MR) is 123 cm³/mol. The summed E-state index contributed by atoms with van der Waals surface area (Å²) in [7, 11) is -4.06. The van der Waals surface area contributed by atoms with Gasteiger partial charge in [0.1, 0.15) is 5.01 Å². The maximum atomic E-state index is 12.3. The standard InChI is InChI=1S/C22H21N5O4S2/c23-33(29,30)27(16-7-8-16)22(28)11-10-19-25-26-20(31-19)13-21-24-17-9-6-15(12-18(17)32-21)14-4-2-1-3-5-14/h1-6,9,12,16H,7-8,10-11,13H2,(H2,23,29,30). The molecule has 4 aromatic rings. The molecule has 0 aliphatic heterocycles. The first kappa shape index (κ1) is 21.7. The maximum absolute atomic E-state index is 12.3. The first-order valence-electron chi connectivity index (χ1n) is 10.5. The predicted octanol–water partition coefficient (Wildman–Crippen LogP) is 3.06. The Morgan fingerprint density at radius 3 is 2.58 bits per heavy atom. The fraction of sp³-hybridized carbons (Fsp3) is 0.273. The molecule has 0 saturated heterocycles. The highest BCUT2D eigenvalue weighted by molar-refractivity contribution is 7.87. The molecule has 9 nitrogen and oxygen atoms in total. The number of aromatic nitrogens is 3. The molecule has 1 aliphatic carbocycles. The number of aryl methyl sites for hydroxylation is 1. The van der Waals surface area contributed by atoms with Gasteiger partial charge >= 0.3 is 10.2 Å². The van der Waals surface area contributed by atoms with Crippen LogP contribution in [0, 0.1) is 0 Å². The second-order valence-electron chi connectivity index (χ2n) is 7.89. The van der Waals surface area contributed by atoms with E-state index in [9.17, 15) is 13.2 Å². The number of carbonyl (C=O) groups excluding carboxylic acids is 1. The molecule has 0 atom stereocenters. The third-order valence-corrected chi connectivity index (χ3v) is 7.37. The molecule has 11 heteroatoms. The molecule has 33 heavy (non-hydrogen) atoms. The number of hydrogen-bond acceptors (Lipinski definition) is 8. The van der Waals surface area contributed by atoms with E-state index < -0.39 is 16.1 Å². The molecule has 2 heterocycles. The van der Waals surface area contributed by atoms with Crippen LogP contribution in [0.25, 0.3) is 21.3 Å². The Morgan fingerprint density at radius 2 is 1.85 bits per heavy atom. The summed E-state index contributed by atoms with van der Waals surface area (Å²) in [5.41, 5.74) is 3.18. The van der Waals surface area contributed by atoms with E-state index in [0.717, 1.165) is 30.7 Å². The highest BCUT2D eigenvalue weighted by Crippen LogP contribution is 2.30. The van der Waals surface area contributed by atoms with Gasteiger partial charge in [0.2, 0.25) is 17.7 Å². The molecule has 0 unspecified atom stereocenters. The summed E-state index contributed by atoms with van der Waals surface area (Å²) >= 11 is 1.56. The molecular weight excluding hydrogens is 462 g/mol. The lowest BCUT2D eigenvalue weighted by Crippen LogP contribution is -2.42. The largest absolute Gasteiger partial charge is 0.425 e. The first-order chi connectivity index (χ1) is 15.9. The average Bonchev–Trinajstić information content (AvgIpc) is 3.35. The van der Waals surface area contributed by atoms with E-state index in [-0.39, 0.29) is 24.8 Å². The second-order valence-corrected chi connectivity index (χ2v) is 10.4. The maximum Gasteiger partial charge on any atom is 0.301 e. The number of thiazole rings is 1. The summed E-state index contributed by atoms with van der Waals surface area (Å²) in [6.07, 6.45) is 1.74. The molecule has 2 aromatic heterocycles. The Bertz CT molecular complexity index is 1410. The quantitative estimate of drug-likeness (QED) is 0.407. The number of amides is 1. The molecule has 2 aromatic carbocycles. The van der Waals surface area contributed by atoms with Crippen molar-refractivity contribution < 1.29 is 17.6 Å². The Morgan fingerprint density at radius 1 is 1.09 bits per heavy atom. The number of nitrogens with zero attached hydrogens (tertiary/aromatic N) is 4. The Labute approximate surface area is 194 Å². The van der Waals surface area contributed by atoms with Crippen LogP contribution in [0.5, 0.6) is 0 Å². The van der Waals surface area contributed by atoms with Gasteiger partial charge in [-0.05, 0) is 36.1 Å². The van der Waals surface area contributed by atoms with Crippen LogP contribution in [0.3, 0.4) is 0 Å². The molecule has 5 rings (SSSR count). The number of rotatable bonds is 8. The molecule has 170 valence electrons. The van der Waals surface area contributed by atoms with Crippen LogP contribution in [0.4, 0.5) is 0 Å². The van der Waals surface area contributed by atoms with Crippen molar-refractivity contribution in [3.63, 3.8) is 0 Å². The van der Waals surface area contributed by atoms with Gasteiger partial charge in [0, 0.05) is 18.9 Å². The van der Waals surface area contributed by atoms with Crippen LogP contribution in [0.2, 0.25) is 0 Å². The van der Waals surface area contributed by atoms with E-state index in [4.69, 9.17) is 9.56 Å². The van der Waals surface area contributed by atoms with Gasteiger partial charge in [0.25, 0.3) is 0 Å². The van der Waals surface area contributed by atoms with E-state index in [2.05, 4.69) is 39.4 Å². The van der Waals surface area contributed by atoms with E-state index in [1.165, 1.54) is 0 Å². The molecule has 2 N–H and O–H groups in total. The van der Waals surface area contributed by atoms with Gasteiger partial charge in [-0.2, -0.15) is 8.42 Å². The van der Waals surface area contributed by atoms with Crippen molar-refractivity contribution in [2.45, 2.75) is 38.1 Å². The monoisotopic (exact) mass is 483 g/mol. The number of nitrogens with two attached hydrogens (primary N) is 1. The van der Waals surface area contributed by atoms with Crippen molar-refractivity contribution in [1.29, 1.82) is 0 Å². The molecule has 0 radical (unpaired) electrons.